The van der Waals surface area contributed by atoms with E-state index in [9.17, 15) is 19.8 Å². The molecule has 15 nitrogen and oxygen atoms in total. The third kappa shape index (κ3) is 7.15. The van der Waals surface area contributed by atoms with Gasteiger partial charge in [-0.2, -0.15) is 9.97 Å². The number of hydrogen-bond donors (Lipinski definition) is 7. The lowest BCUT2D eigenvalue weighted by Crippen LogP contribution is -2.47. The van der Waals surface area contributed by atoms with E-state index in [2.05, 4.69) is 50.8 Å². The van der Waals surface area contributed by atoms with Crippen LogP contribution in [-0.4, -0.2) is 112 Å². The van der Waals surface area contributed by atoms with Gasteiger partial charge in [0.2, 0.25) is 5.95 Å². The van der Waals surface area contributed by atoms with Gasteiger partial charge in [0.15, 0.2) is 17.0 Å². The Morgan fingerprint density at radius 3 is 2.36 bits per heavy atom. The number of anilines is 2. The van der Waals surface area contributed by atoms with Crippen LogP contribution in [0.5, 0.6) is 0 Å². The molecule has 3 amide bonds. The summed E-state index contributed by atoms with van der Waals surface area (Å²) in [5.41, 5.74) is 3.29. The van der Waals surface area contributed by atoms with Crippen molar-refractivity contribution >= 4 is 35.1 Å². The number of carbonyl (C=O) groups excluding carboxylic acids is 2. The first-order valence-electron chi connectivity index (χ1n) is 17.2. The zero-order valence-electron chi connectivity index (χ0n) is 27.9. The molecule has 0 spiro atoms. The lowest BCUT2D eigenvalue weighted by Gasteiger charge is -2.22. The monoisotopic (exact) mass is 684 g/mol. The third-order valence-electron chi connectivity index (χ3n) is 9.99. The molecule has 4 heterocycles. The summed E-state index contributed by atoms with van der Waals surface area (Å²) in [7, 11) is 1.25. The van der Waals surface area contributed by atoms with Gasteiger partial charge >= 0.3 is 12.1 Å². The van der Waals surface area contributed by atoms with Gasteiger partial charge < -0.3 is 51.0 Å². The number of amides is 3. The SMILES string of the molecule is COC(=O)N[C@H]1C[C@@H](n2cnc3c(NCC(c4ccccc4)c4ccccc4)nc(N4CCC(NC(=O)NC5CCNC5)C4)nc32)[C@H](O)[C@@H]1O. The molecule has 6 atom stereocenters. The molecule has 2 aliphatic heterocycles. The lowest BCUT2D eigenvalue weighted by atomic mass is 9.91. The molecule has 0 bridgehead atoms. The number of benzene rings is 2. The highest BCUT2D eigenvalue weighted by molar-refractivity contribution is 5.85. The first-order valence-corrected chi connectivity index (χ1v) is 17.2. The molecule has 7 rings (SSSR count). The van der Waals surface area contributed by atoms with Crippen LogP contribution in [0.3, 0.4) is 0 Å². The topological polar surface area (TPSA) is 191 Å². The highest BCUT2D eigenvalue weighted by atomic mass is 16.5. The highest BCUT2D eigenvalue weighted by Gasteiger charge is 2.44. The van der Waals surface area contributed by atoms with E-state index in [-0.39, 0.29) is 30.5 Å². The number of fused-ring (bicyclic) bond motifs is 1. The van der Waals surface area contributed by atoms with Crippen molar-refractivity contribution < 1.29 is 24.5 Å². The molecule has 2 saturated heterocycles. The van der Waals surface area contributed by atoms with E-state index in [0.29, 0.717) is 42.6 Å². The van der Waals surface area contributed by atoms with Gasteiger partial charge in [0.05, 0.1) is 25.5 Å². The fourth-order valence-electron chi connectivity index (χ4n) is 7.30. The Hall–Kier alpha value is -4.99. The van der Waals surface area contributed by atoms with Crippen LogP contribution in [0.2, 0.25) is 0 Å². The predicted octanol–water partition coefficient (Wildman–Crippen LogP) is 1.70. The largest absolute Gasteiger partial charge is 0.453 e. The van der Waals surface area contributed by atoms with Crippen LogP contribution in [0.15, 0.2) is 67.0 Å². The molecule has 2 unspecified atom stereocenters. The van der Waals surface area contributed by atoms with Gasteiger partial charge in [-0.3, -0.25) is 0 Å². The summed E-state index contributed by atoms with van der Waals surface area (Å²) in [5.74, 6) is 0.999. The van der Waals surface area contributed by atoms with E-state index in [1.807, 2.05) is 41.3 Å². The second kappa shape index (κ2) is 14.9. The number of rotatable bonds is 10. The lowest BCUT2D eigenvalue weighted by molar-refractivity contribution is 0.0142. The molecule has 4 aromatic rings. The second-order valence-corrected chi connectivity index (χ2v) is 13.2. The number of aliphatic hydroxyl groups is 2. The van der Waals surface area contributed by atoms with Crippen LogP contribution in [0.1, 0.15) is 42.3 Å². The maximum Gasteiger partial charge on any atom is 0.407 e. The van der Waals surface area contributed by atoms with Gasteiger partial charge in [0, 0.05) is 44.2 Å². The summed E-state index contributed by atoms with van der Waals surface area (Å²) < 4.78 is 6.48. The molecule has 50 heavy (non-hydrogen) atoms. The van der Waals surface area contributed by atoms with E-state index in [0.717, 1.165) is 37.1 Å². The Morgan fingerprint density at radius 1 is 0.960 bits per heavy atom. The summed E-state index contributed by atoms with van der Waals surface area (Å²) in [5, 5.41) is 37.6. The summed E-state index contributed by atoms with van der Waals surface area (Å²) in [4.78, 5) is 41.4. The van der Waals surface area contributed by atoms with Crippen molar-refractivity contribution in [3.05, 3.63) is 78.1 Å². The minimum atomic E-state index is -1.22. The Balaban J connectivity index is 1.18. The number of aromatic nitrogens is 4. The molecule has 1 aliphatic carbocycles. The normalized spacial score (nSPS) is 24.8. The predicted molar refractivity (Wildman–Crippen MR) is 187 cm³/mol. The van der Waals surface area contributed by atoms with Crippen molar-refractivity contribution in [1.29, 1.82) is 0 Å². The van der Waals surface area contributed by atoms with Crippen LogP contribution in [0.4, 0.5) is 21.4 Å². The van der Waals surface area contributed by atoms with E-state index in [1.54, 1.807) is 10.9 Å². The smallest absolute Gasteiger partial charge is 0.407 e. The number of ether oxygens (including phenoxy) is 1. The molecule has 15 heteroatoms. The fraction of sp³-hybridized carbons (Fsp3) is 0.457. The number of imidazole rings is 1. The standard InChI is InChI=1S/C35H44N10O5/c1-50-35(49)41-26-16-27(30(47)29(26)46)45-20-38-28-31(37-18-25(21-8-4-2-5-9-21)22-10-6-3-7-11-22)42-33(43-32(28)45)44-15-13-24(19-44)40-34(48)39-23-12-14-36-17-23/h2-11,20,23-27,29-30,36,46-47H,12-19H2,1H3,(H,41,49)(H,37,42,43)(H2,39,40,48)/t23?,24?,26-,27+,29+,30-/m0/s1. The van der Waals surface area contributed by atoms with Gasteiger partial charge in [-0.15, -0.1) is 0 Å². The van der Waals surface area contributed by atoms with Gasteiger partial charge in [0.1, 0.15) is 12.2 Å². The number of aliphatic hydroxyl groups excluding tert-OH is 2. The van der Waals surface area contributed by atoms with Crippen molar-refractivity contribution in [1.82, 2.24) is 40.8 Å². The van der Waals surface area contributed by atoms with Crippen molar-refractivity contribution in [2.45, 2.75) is 61.6 Å². The first-order chi connectivity index (χ1) is 24.4. The minimum absolute atomic E-state index is 0.0128. The number of methoxy groups -OCH3 is 1. The van der Waals surface area contributed by atoms with Crippen molar-refractivity contribution in [2.24, 2.45) is 0 Å². The highest BCUT2D eigenvalue weighted by Crippen LogP contribution is 2.35. The van der Waals surface area contributed by atoms with E-state index < -0.39 is 30.4 Å². The second-order valence-electron chi connectivity index (χ2n) is 13.2. The first kappa shape index (κ1) is 33.5. The minimum Gasteiger partial charge on any atom is -0.453 e. The fourth-order valence-corrected chi connectivity index (χ4v) is 7.30. The maximum absolute atomic E-state index is 12.7. The van der Waals surface area contributed by atoms with E-state index in [4.69, 9.17) is 19.7 Å². The number of urea groups is 1. The Labute approximate surface area is 289 Å². The average Bonchev–Trinajstić information content (AvgIpc) is 3.95. The summed E-state index contributed by atoms with van der Waals surface area (Å²) in [6, 6.07) is 19.0. The molecule has 0 radical (unpaired) electrons. The Bertz CT molecular complexity index is 1730. The zero-order valence-corrected chi connectivity index (χ0v) is 27.9. The van der Waals surface area contributed by atoms with Gasteiger partial charge in [-0.25, -0.2) is 14.6 Å². The van der Waals surface area contributed by atoms with Gasteiger partial charge in [-0.05, 0) is 36.9 Å². The van der Waals surface area contributed by atoms with Gasteiger partial charge in [0.25, 0.3) is 0 Å². The van der Waals surface area contributed by atoms with Crippen molar-refractivity contribution in [2.75, 3.05) is 50.1 Å². The number of hydrogen-bond acceptors (Lipinski definition) is 11. The number of nitrogens with zero attached hydrogens (tertiary/aromatic N) is 5. The number of alkyl carbamates (subject to hydrolysis) is 1. The molecule has 264 valence electrons. The molecule has 2 aromatic heterocycles. The van der Waals surface area contributed by atoms with Crippen LogP contribution >= 0.6 is 0 Å². The summed E-state index contributed by atoms with van der Waals surface area (Å²) in [6.45, 7) is 3.32. The third-order valence-corrected chi connectivity index (χ3v) is 9.99. The van der Waals surface area contributed by atoms with E-state index >= 15 is 0 Å². The molecular formula is C35H44N10O5. The van der Waals surface area contributed by atoms with Crippen LogP contribution in [-0.2, 0) is 4.74 Å². The molecule has 3 fully saturated rings. The van der Waals surface area contributed by atoms with Crippen LogP contribution in [0, 0.1) is 0 Å². The van der Waals surface area contributed by atoms with Crippen LogP contribution < -0.4 is 31.5 Å². The summed E-state index contributed by atoms with van der Waals surface area (Å²) in [6.07, 6.45) is 0.351. The van der Waals surface area contributed by atoms with Crippen molar-refractivity contribution in [3.8, 4) is 0 Å². The average molecular weight is 685 g/mol. The van der Waals surface area contributed by atoms with Crippen molar-refractivity contribution in [3.63, 3.8) is 0 Å². The van der Waals surface area contributed by atoms with Crippen LogP contribution in [0.25, 0.3) is 11.2 Å². The maximum atomic E-state index is 12.7. The summed E-state index contributed by atoms with van der Waals surface area (Å²) >= 11 is 0. The quantitative estimate of drug-likeness (QED) is 0.129. The van der Waals surface area contributed by atoms with E-state index in [1.165, 1.54) is 7.11 Å². The molecule has 1 saturated carbocycles. The zero-order chi connectivity index (χ0) is 34.6. The number of carbonyl (C=O) groups is 2. The number of nitrogens with one attached hydrogen (secondary N) is 5. The molecule has 7 N–H and O–H groups in total. The Morgan fingerprint density at radius 2 is 1.68 bits per heavy atom. The molecule has 3 aliphatic rings. The Kier molecular flexibility index (Phi) is 9.96. The van der Waals surface area contributed by atoms with Gasteiger partial charge in [-0.1, -0.05) is 60.7 Å². The molecular weight excluding hydrogens is 640 g/mol. The molecule has 2 aromatic carbocycles.